The first-order valence-electron chi connectivity index (χ1n) is 10.0. The zero-order valence-electron chi connectivity index (χ0n) is 17.5. The number of amides is 2. The number of ether oxygens (including phenoxy) is 1. The molecule has 0 spiro atoms. The van der Waals surface area contributed by atoms with Crippen LogP contribution in [0.25, 0.3) is 0 Å². The average molecular weight is 412 g/mol. The minimum absolute atomic E-state index is 0.0645. The fourth-order valence-corrected chi connectivity index (χ4v) is 3.45. The molecule has 3 rings (SSSR count). The Morgan fingerprint density at radius 1 is 1.33 bits per heavy atom. The van der Waals surface area contributed by atoms with Crippen LogP contribution in [0.1, 0.15) is 34.6 Å². The molecule has 0 unspecified atom stereocenters. The molecule has 30 heavy (non-hydrogen) atoms. The third kappa shape index (κ3) is 4.77. The molecule has 0 radical (unpaired) electrons. The number of aromatic nitrogens is 1. The van der Waals surface area contributed by atoms with Crippen molar-refractivity contribution < 1.29 is 19.4 Å². The van der Waals surface area contributed by atoms with Gasteiger partial charge in [-0.1, -0.05) is 6.92 Å². The molecule has 1 aliphatic rings. The second-order valence-corrected chi connectivity index (χ2v) is 7.58. The van der Waals surface area contributed by atoms with Crippen molar-refractivity contribution in [1.82, 2.24) is 15.2 Å². The predicted octanol–water partition coefficient (Wildman–Crippen LogP) is 1.77. The maximum absolute atomic E-state index is 13.3. The van der Waals surface area contributed by atoms with E-state index in [2.05, 4.69) is 15.6 Å². The molecule has 1 aromatic heterocycles. The number of hydrogen-bond acceptors (Lipinski definition) is 6. The summed E-state index contributed by atoms with van der Waals surface area (Å²) in [6.45, 7) is 4.79. The van der Waals surface area contributed by atoms with Gasteiger partial charge in [0, 0.05) is 42.7 Å². The molecule has 2 heterocycles. The lowest BCUT2D eigenvalue weighted by Crippen LogP contribution is -2.49. The smallest absolute Gasteiger partial charge is 0.258 e. The second kappa shape index (κ2) is 9.69. The Kier molecular flexibility index (Phi) is 7.02. The van der Waals surface area contributed by atoms with E-state index in [0.29, 0.717) is 35.7 Å². The van der Waals surface area contributed by atoms with Crippen molar-refractivity contribution in [2.24, 2.45) is 5.92 Å². The number of anilines is 1. The fourth-order valence-electron chi connectivity index (χ4n) is 3.45. The minimum Gasteiger partial charge on any atom is -0.488 e. The lowest BCUT2D eigenvalue weighted by Gasteiger charge is -2.37. The number of likely N-dealkylation sites (N-methyl/N-ethyl adjacent to an activating group) is 1. The zero-order valence-corrected chi connectivity index (χ0v) is 17.5. The maximum atomic E-state index is 13.3. The van der Waals surface area contributed by atoms with Crippen molar-refractivity contribution in [3.63, 3.8) is 0 Å². The van der Waals surface area contributed by atoms with Crippen molar-refractivity contribution in [3.8, 4) is 5.75 Å². The Balaban J connectivity index is 1.95. The summed E-state index contributed by atoms with van der Waals surface area (Å²) >= 11 is 0. The Bertz CT molecular complexity index is 890. The van der Waals surface area contributed by atoms with Gasteiger partial charge in [0.2, 0.25) is 0 Å². The maximum Gasteiger partial charge on any atom is 0.258 e. The van der Waals surface area contributed by atoms with E-state index in [-0.39, 0.29) is 36.5 Å². The summed E-state index contributed by atoms with van der Waals surface area (Å²) in [4.78, 5) is 31.4. The monoisotopic (exact) mass is 412 g/mol. The summed E-state index contributed by atoms with van der Waals surface area (Å²) in [6.07, 6.45) is 2.95. The summed E-state index contributed by atoms with van der Waals surface area (Å²) in [6, 6.07) is 7.94. The standard InChI is InChI=1S/C22H28N4O4/c1-14-12-26(15(2)13-27)22(29)18-10-17(4-5-19(18)30-20(14)11-23-3)25-21(28)16-6-8-24-9-7-16/h4-10,14-15,20,23,27H,11-13H2,1-3H3,(H,25,28)/t14-,15+,20-/m1/s1. The molecule has 2 aromatic rings. The second-order valence-electron chi connectivity index (χ2n) is 7.58. The van der Waals surface area contributed by atoms with Crippen LogP contribution in [0.5, 0.6) is 5.75 Å². The molecule has 1 aliphatic heterocycles. The number of nitrogens with zero attached hydrogens (tertiary/aromatic N) is 2. The number of aliphatic hydroxyl groups excluding tert-OH is 1. The molecule has 1 aromatic carbocycles. The third-order valence-corrected chi connectivity index (χ3v) is 5.27. The van der Waals surface area contributed by atoms with Gasteiger partial charge in [0.25, 0.3) is 11.8 Å². The number of carbonyl (C=O) groups excluding carboxylic acids is 2. The molecule has 8 nitrogen and oxygen atoms in total. The number of fused-ring (bicyclic) bond motifs is 1. The van der Waals surface area contributed by atoms with Crippen LogP contribution in [-0.4, -0.2) is 65.7 Å². The number of carbonyl (C=O) groups is 2. The van der Waals surface area contributed by atoms with Crippen LogP contribution in [0.4, 0.5) is 5.69 Å². The van der Waals surface area contributed by atoms with E-state index in [9.17, 15) is 14.7 Å². The van der Waals surface area contributed by atoms with Gasteiger partial charge in [-0.25, -0.2) is 0 Å². The highest BCUT2D eigenvalue weighted by Crippen LogP contribution is 2.30. The van der Waals surface area contributed by atoms with E-state index < -0.39 is 0 Å². The van der Waals surface area contributed by atoms with E-state index in [1.54, 1.807) is 47.6 Å². The van der Waals surface area contributed by atoms with E-state index in [1.165, 1.54) is 0 Å². The van der Waals surface area contributed by atoms with Gasteiger partial charge < -0.3 is 25.4 Å². The quantitative estimate of drug-likeness (QED) is 0.668. The summed E-state index contributed by atoms with van der Waals surface area (Å²) in [5.74, 6) is -0.00128. The van der Waals surface area contributed by atoms with Gasteiger partial charge in [0.05, 0.1) is 18.2 Å². The van der Waals surface area contributed by atoms with Crippen molar-refractivity contribution in [2.45, 2.75) is 26.0 Å². The molecule has 0 fully saturated rings. The Labute approximate surface area is 176 Å². The molecule has 3 atom stereocenters. The van der Waals surface area contributed by atoms with Crippen LogP contribution in [-0.2, 0) is 0 Å². The third-order valence-electron chi connectivity index (χ3n) is 5.27. The Morgan fingerprint density at radius 2 is 2.07 bits per heavy atom. The van der Waals surface area contributed by atoms with Crippen molar-refractivity contribution >= 4 is 17.5 Å². The molecule has 0 saturated carbocycles. The van der Waals surface area contributed by atoms with Gasteiger partial charge in [0.1, 0.15) is 11.9 Å². The molecule has 0 bridgehead atoms. The van der Waals surface area contributed by atoms with Gasteiger partial charge in [-0.2, -0.15) is 0 Å². The molecule has 160 valence electrons. The number of hydrogen-bond donors (Lipinski definition) is 3. The topological polar surface area (TPSA) is 104 Å². The first-order chi connectivity index (χ1) is 14.4. The molecule has 2 amide bonds. The van der Waals surface area contributed by atoms with E-state index in [4.69, 9.17) is 4.74 Å². The SMILES string of the molecule is CNC[C@H]1Oc2ccc(NC(=O)c3ccncc3)cc2C(=O)N([C@@H](C)CO)C[C@H]1C. The number of pyridine rings is 1. The first-order valence-corrected chi connectivity index (χ1v) is 10.0. The van der Waals surface area contributed by atoms with Gasteiger partial charge in [-0.15, -0.1) is 0 Å². The lowest BCUT2D eigenvalue weighted by atomic mass is 9.99. The van der Waals surface area contributed by atoms with Crippen molar-refractivity contribution in [2.75, 3.05) is 32.1 Å². The van der Waals surface area contributed by atoms with Gasteiger partial charge in [-0.3, -0.25) is 14.6 Å². The summed E-state index contributed by atoms with van der Waals surface area (Å²) in [5.41, 5.74) is 1.32. The van der Waals surface area contributed by atoms with Crippen LogP contribution in [0.2, 0.25) is 0 Å². The number of nitrogens with one attached hydrogen (secondary N) is 2. The highest BCUT2D eigenvalue weighted by Gasteiger charge is 2.32. The van der Waals surface area contributed by atoms with Gasteiger partial charge in [-0.05, 0) is 44.3 Å². The van der Waals surface area contributed by atoms with Crippen LogP contribution in [0, 0.1) is 5.92 Å². The normalized spacial score (nSPS) is 19.9. The molecular weight excluding hydrogens is 384 g/mol. The van der Waals surface area contributed by atoms with Crippen molar-refractivity contribution in [3.05, 3.63) is 53.9 Å². The predicted molar refractivity (Wildman–Crippen MR) is 114 cm³/mol. The molecule has 8 heteroatoms. The van der Waals surface area contributed by atoms with Crippen LogP contribution < -0.4 is 15.4 Å². The zero-order chi connectivity index (χ0) is 21.7. The fraction of sp³-hybridized carbons (Fsp3) is 0.409. The molecular formula is C22H28N4O4. The van der Waals surface area contributed by atoms with E-state index >= 15 is 0 Å². The summed E-state index contributed by atoms with van der Waals surface area (Å²) in [7, 11) is 1.85. The number of benzene rings is 1. The summed E-state index contributed by atoms with van der Waals surface area (Å²) in [5, 5.41) is 15.6. The Hall–Kier alpha value is -2.97. The summed E-state index contributed by atoms with van der Waals surface area (Å²) < 4.78 is 6.17. The van der Waals surface area contributed by atoms with Crippen LogP contribution in [0.15, 0.2) is 42.7 Å². The molecule has 0 saturated heterocycles. The molecule has 3 N–H and O–H groups in total. The number of rotatable bonds is 6. The Morgan fingerprint density at radius 3 is 2.73 bits per heavy atom. The highest BCUT2D eigenvalue weighted by atomic mass is 16.5. The van der Waals surface area contributed by atoms with Crippen LogP contribution >= 0.6 is 0 Å². The largest absolute Gasteiger partial charge is 0.488 e. The van der Waals surface area contributed by atoms with E-state index in [0.717, 1.165) is 0 Å². The van der Waals surface area contributed by atoms with E-state index in [1.807, 2.05) is 20.9 Å². The average Bonchev–Trinajstić information content (AvgIpc) is 2.76. The lowest BCUT2D eigenvalue weighted by molar-refractivity contribution is 0.0415. The highest BCUT2D eigenvalue weighted by molar-refractivity contribution is 6.05. The first kappa shape index (κ1) is 21.7. The van der Waals surface area contributed by atoms with Crippen LogP contribution in [0.3, 0.4) is 0 Å². The number of aliphatic hydroxyl groups is 1. The van der Waals surface area contributed by atoms with Crippen molar-refractivity contribution in [1.29, 1.82) is 0 Å². The minimum atomic E-state index is -0.337. The molecule has 0 aliphatic carbocycles. The van der Waals surface area contributed by atoms with Gasteiger partial charge in [0.15, 0.2) is 0 Å². The van der Waals surface area contributed by atoms with Gasteiger partial charge >= 0.3 is 0 Å².